The van der Waals surface area contributed by atoms with E-state index in [9.17, 15) is 4.79 Å². The topological polar surface area (TPSA) is 72.3 Å². The van der Waals surface area contributed by atoms with Gasteiger partial charge in [0.2, 0.25) is 5.88 Å². The molecule has 0 aliphatic rings. The summed E-state index contributed by atoms with van der Waals surface area (Å²) in [6.45, 7) is 0. The van der Waals surface area contributed by atoms with E-state index in [2.05, 4.69) is 10.2 Å². The second-order valence-electron chi connectivity index (χ2n) is 4.08. The smallest absolute Gasteiger partial charge is 0.307 e. The van der Waals surface area contributed by atoms with Crippen LogP contribution in [0.3, 0.4) is 0 Å². The lowest BCUT2D eigenvalue weighted by Crippen LogP contribution is -1.92. The Morgan fingerprint density at radius 3 is 2.50 bits per heavy atom. The zero-order valence-corrected chi connectivity index (χ0v) is 11.0. The van der Waals surface area contributed by atoms with Crippen molar-refractivity contribution in [2.45, 2.75) is 6.42 Å². The number of methoxy groups -OCH3 is 1. The molecule has 0 fully saturated rings. The number of carboxylic acids is 1. The fourth-order valence-corrected chi connectivity index (χ4v) is 1.64. The summed E-state index contributed by atoms with van der Waals surface area (Å²) >= 11 is 0. The van der Waals surface area contributed by atoms with E-state index in [-0.39, 0.29) is 6.42 Å². The summed E-state index contributed by atoms with van der Waals surface area (Å²) in [4.78, 5) is 10.4. The van der Waals surface area contributed by atoms with Crippen LogP contribution in [0.5, 0.6) is 5.88 Å². The Morgan fingerprint density at radius 2 is 1.95 bits per heavy atom. The minimum absolute atomic E-state index is 0.0196. The Labute approximate surface area is 116 Å². The van der Waals surface area contributed by atoms with Crippen LogP contribution >= 0.6 is 0 Å². The number of benzene rings is 1. The molecule has 0 aliphatic heterocycles. The number of rotatable bonds is 5. The SMILES string of the molecule is COc1ccc(-c2ccc(/C=C/CC(=O)O)cc2)nn1. The fourth-order valence-electron chi connectivity index (χ4n) is 1.64. The molecule has 0 spiro atoms. The maximum Gasteiger partial charge on any atom is 0.307 e. The molecule has 20 heavy (non-hydrogen) atoms. The van der Waals surface area contributed by atoms with Gasteiger partial charge >= 0.3 is 5.97 Å². The number of aliphatic carboxylic acids is 1. The molecule has 0 bridgehead atoms. The van der Waals surface area contributed by atoms with Crippen molar-refractivity contribution < 1.29 is 14.6 Å². The Hall–Kier alpha value is -2.69. The first-order valence-electron chi connectivity index (χ1n) is 6.05. The maximum absolute atomic E-state index is 10.4. The van der Waals surface area contributed by atoms with Crippen molar-refractivity contribution in [1.29, 1.82) is 0 Å². The second kappa shape index (κ2) is 6.47. The lowest BCUT2D eigenvalue weighted by Gasteiger charge is -2.02. The quantitative estimate of drug-likeness (QED) is 0.904. The number of aromatic nitrogens is 2. The highest BCUT2D eigenvalue weighted by atomic mass is 16.5. The Bertz CT molecular complexity index is 604. The molecule has 1 aromatic carbocycles. The van der Waals surface area contributed by atoms with E-state index in [0.29, 0.717) is 5.88 Å². The summed E-state index contributed by atoms with van der Waals surface area (Å²) in [6, 6.07) is 11.2. The molecule has 0 saturated heterocycles. The summed E-state index contributed by atoms with van der Waals surface area (Å²) in [7, 11) is 1.54. The van der Waals surface area contributed by atoms with Gasteiger partial charge in [-0.25, -0.2) is 0 Å². The van der Waals surface area contributed by atoms with Crippen LogP contribution in [0.2, 0.25) is 0 Å². The van der Waals surface area contributed by atoms with Gasteiger partial charge in [-0.05, 0) is 11.6 Å². The molecule has 2 rings (SSSR count). The number of ether oxygens (including phenoxy) is 1. The van der Waals surface area contributed by atoms with Crippen molar-refractivity contribution >= 4 is 12.0 Å². The summed E-state index contributed by atoms with van der Waals surface area (Å²) in [6.07, 6.45) is 3.41. The molecule has 2 aromatic rings. The Balaban J connectivity index is 2.10. The Kier molecular flexibility index (Phi) is 4.44. The van der Waals surface area contributed by atoms with Gasteiger partial charge in [-0.2, -0.15) is 0 Å². The van der Waals surface area contributed by atoms with Crippen LogP contribution in [0.25, 0.3) is 17.3 Å². The maximum atomic E-state index is 10.4. The molecule has 0 aliphatic carbocycles. The van der Waals surface area contributed by atoms with Crippen LogP contribution in [0.15, 0.2) is 42.5 Å². The number of nitrogens with zero attached hydrogens (tertiary/aromatic N) is 2. The predicted molar refractivity (Wildman–Crippen MR) is 75.3 cm³/mol. The van der Waals surface area contributed by atoms with Crippen molar-refractivity contribution in [1.82, 2.24) is 10.2 Å². The highest BCUT2D eigenvalue weighted by Gasteiger charge is 2.01. The monoisotopic (exact) mass is 270 g/mol. The van der Waals surface area contributed by atoms with Crippen LogP contribution in [0, 0.1) is 0 Å². The number of hydrogen-bond acceptors (Lipinski definition) is 4. The van der Waals surface area contributed by atoms with Crippen LogP contribution in [0.4, 0.5) is 0 Å². The number of carboxylic acid groups (broad SMARTS) is 1. The fraction of sp³-hybridized carbons (Fsp3) is 0.133. The van der Waals surface area contributed by atoms with Gasteiger partial charge in [0.1, 0.15) is 0 Å². The normalized spacial score (nSPS) is 10.7. The summed E-state index contributed by atoms with van der Waals surface area (Å²) in [5, 5.41) is 16.5. The van der Waals surface area contributed by atoms with Crippen LogP contribution < -0.4 is 4.74 Å². The lowest BCUT2D eigenvalue weighted by molar-refractivity contribution is -0.135. The molecule has 1 heterocycles. The van der Waals surface area contributed by atoms with Crippen molar-refractivity contribution in [3.63, 3.8) is 0 Å². The zero-order valence-electron chi connectivity index (χ0n) is 11.0. The van der Waals surface area contributed by atoms with Crippen molar-refractivity contribution in [2.24, 2.45) is 0 Å². The molecule has 1 aromatic heterocycles. The van der Waals surface area contributed by atoms with Gasteiger partial charge in [0.05, 0.1) is 19.2 Å². The molecule has 0 amide bonds. The second-order valence-corrected chi connectivity index (χ2v) is 4.08. The van der Waals surface area contributed by atoms with Gasteiger partial charge in [-0.15, -0.1) is 10.2 Å². The third-order valence-corrected chi connectivity index (χ3v) is 2.66. The molecule has 0 radical (unpaired) electrons. The van der Waals surface area contributed by atoms with E-state index in [0.717, 1.165) is 16.8 Å². The predicted octanol–water partition coefficient (Wildman–Crippen LogP) is 2.64. The number of hydrogen-bond donors (Lipinski definition) is 1. The minimum Gasteiger partial charge on any atom is -0.481 e. The van der Waals surface area contributed by atoms with Crippen molar-refractivity contribution in [3.8, 4) is 17.1 Å². The average Bonchev–Trinajstić information content (AvgIpc) is 2.48. The van der Waals surface area contributed by atoms with E-state index < -0.39 is 5.97 Å². The lowest BCUT2D eigenvalue weighted by atomic mass is 10.1. The first-order valence-corrected chi connectivity index (χ1v) is 6.05. The van der Waals surface area contributed by atoms with E-state index in [1.165, 1.54) is 0 Å². The highest BCUT2D eigenvalue weighted by molar-refractivity contribution is 5.70. The zero-order chi connectivity index (χ0) is 14.4. The van der Waals surface area contributed by atoms with Crippen LogP contribution in [0.1, 0.15) is 12.0 Å². The first-order chi connectivity index (χ1) is 9.69. The molecule has 0 atom stereocenters. The molecule has 0 unspecified atom stereocenters. The van der Waals surface area contributed by atoms with E-state index in [1.807, 2.05) is 30.3 Å². The highest BCUT2D eigenvalue weighted by Crippen LogP contribution is 2.18. The third-order valence-electron chi connectivity index (χ3n) is 2.66. The van der Waals surface area contributed by atoms with Crippen LogP contribution in [-0.2, 0) is 4.79 Å². The summed E-state index contributed by atoms with van der Waals surface area (Å²) in [5.74, 6) is -0.367. The van der Waals surface area contributed by atoms with E-state index in [1.54, 1.807) is 25.3 Å². The van der Waals surface area contributed by atoms with E-state index in [4.69, 9.17) is 9.84 Å². The van der Waals surface area contributed by atoms with Gasteiger partial charge in [-0.1, -0.05) is 36.4 Å². The van der Waals surface area contributed by atoms with Gasteiger partial charge in [-0.3, -0.25) is 4.79 Å². The van der Waals surface area contributed by atoms with Crippen LogP contribution in [-0.4, -0.2) is 28.4 Å². The summed E-state index contributed by atoms with van der Waals surface area (Å²) in [5.41, 5.74) is 2.64. The first kappa shape index (κ1) is 13.7. The molecule has 0 saturated carbocycles. The third kappa shape index (κ3) is 3.65. The molecule has 1 N–H and O–H groups in total. The molecule has 5 nitrogen and oxygen atoms in total. The van der Waals surface area contributed by atoms with Gasteiger partial charge in [0.15, 0.2) is 0 Å². The van der Waals surface area contributed by atoms with Crippen molar-refractivity contribution in [2.75, 3.05) is 7.11 Å². The molecule has 5 heteroatoms. The molecular formula is C15H14N2O3. The van der Waals surface area contributed by atoms with Gasteiger partial charge in [0.25, 0.3) is 0 Å². The number of carbonyl (C=O) groups is 1. The molecule has 102 valence electrons. The average molecular weight is 270 g/mol. The van der Waals surface area contributed by atoms with E-state index >= 15 is 0 Å². The molecular weight excluding hydrogens is 256 g/mol. The largest absolute Gasteiger partial charge is 0.481 e. The van der Waals surface area contributed by atoms with Crippen molar-refractivity contribution in [3.05, 3.63) is 48.0 Å². The van der Waals surface area contributed by atoms with Gasteiger partial charge < -0.3 is 9.84 Å². The standard InChI is InChI=1S/C15H14N2O3/c1-20-14-10-9-13(16-17-14)12-7-5-11(6-8-12)3-2-4-15(18)19/h2-3,5-10H,4H2,1H3,(H,18,19)/b3-2+. The minimum atomic E-state index is -0.841. The Morgan fingerprint density at radius 1 is 1.20 bits per heavy atom. The summed E-state index contributed by atoms with van der Waals surface area (Å²) < 4.78 is 4.96. The van der Waals surface area contributed by atoms with Gasteiger partial charge in [0, 0.05) is 11.6 Å².